The third kappa shape index (κ3) is 4.39. The Kier molecular flexibility index (Phi) is 5.07. The number of carbonyl (C=O) groups excluding carboxylic acids is 2. The van der Waals surface area contributed by atoms with Gasteiger partial charge in [-0.1, -0.05) is 6.07 Å². The zero-order valence-corrected chi connectivity index (χ0v) is 16.0. The van der Waals surface area contributed by atoms with Crippen LogP contribution in [-0.2, 0) is 17.7 Å². The number of amides is 2. The molecule has 2 N–H and O–H groups in total. The van der Waals surface area contributed by atoms with Crippen LogP contribution in [0.3, 0.4) is 0 Å². The number of rotatable bonds is 3. The summed E-state index contributed by atoms with van der Waals surface area (Å²) >= 11 is 0. The van der Waals surface area contributed by atoms with Crippen LogP contribution in [0.1, 0.15) is 42.4 Å². The molecule has 0 spiro atoms. The van der Waals surface area contributed by atoms with Gasteiger partial charge in [0.25, 0.3) is 5.91 Å². The van der Waals surface area contributed by atoms with E-state index in [9.17, 15) is 9.59 Å². The van der Waals surface area contributed by atoms with E-state index in [1.54, 1.807) is 36.3 Å². The van der Waals surface area contributed by atoms with Crippen LogP contribution >= 0.6 is 0 Å². The van der Waals surface area contributed by atoms with E-state index in [-0.39, 0.29) is 12.0 Å². The van der Waals surface area contributed by atoms with Crippen LogP contribution in [0.5, 0.6) is 5.75 Å². The maximum Gasteiger partial charge on any atom is 0.410 e. The average molecular weight is 372 g/mol. The standard InChI is InChI=1S/C19H24N4O4/c1-19(2,3)27-18(25)23-9-8-14-15(11-23)21-22-16(14)20-17(24)12-6-5-7-13(10-12)26-4/h5-7,10H,8-9,11H2,1-4H3,(H2,20,21,22,24). The number of carbonyl (C=O) groups is 2. The highest BCUT2D eigenvalue weighted by molar-refractivity contribution is 6.04. The molecule has 0 bridgehead atoms. The molecule has 1 aliphatic heterocycles. The van der Waals surface area contributed by atoms with Crippen molar-refractivity contribution in [1.29, 1.82) is 0 Å². The SMILES string of the molecule is COc1cccc(C(=O)Nc2n[nH]c3c2CCN(C(=O)OC(C)(C)C)C3)c1. The first-order valence-electron chi connectivity index (χ1n) is 8.76. The van der Waals surface area contributed by atoms with Gasteiger partial charge in [-0.2, -0.15) is 5.10 Å². The molecule has 1 aliphatic rings. The average Bonchev–Trinajstić information content (AvgIpc) is 3.02. The number of aromatic nitrogens is 2. The molecular formula is C19H24N4O4. The highest BCUT2D eigenvalue weighted by Gasteiger charge is 2.28. The summed E-state index contributed by atoms with van der Waals surface area (Å²) in [6.45, 7) is 6.38. The third-order valence-electron chi connectivity index (χ3n) is 4.15. The van der Waals surface area contributed by atoms with Crippen molar-refractivity contribution in [1.82, 2.24) is 15.1 Å². The molecule has 0 radical (unpaired) electrons. The summed E-state index contributed by atoms with van der Waals surface area (Å²) < 4.78 is 10.6. The fraction of sp³-hybridized carbons (Fsp3) is 0.421. The van der Waals surface area contributed by atoms with Gasteiger partial charge in [-0.15, -0.1) is 0 Å². The fourth-order valence-electron chi connectivity index (χ4n) is 2.85. The molecule has 1 aromatic carbocycles. The Hall–Kier alpha value is -3.03. The van der Waals surface area contributed by atoms with Gasteiger partial charge in [0.15, 0.2) is 5.82 Å². The van der Waals surface area contributed by atoms with E-state index in [4.69, 9.17) is 9.47 Å². The zero-order chi connectivity index (χ0) is 19.6. The van der Waals surface area contributed by atoms with Gasteiger partial charge in [-0.25, -0.2) is 4.79 Å². The maximum absolute atomic E-state index is 12.5. The van der Waals surface area contributed by atoms with Crippen molar-refractivity contribution in [2.45, 2.75) is 39.3 Å². The molecule has 8 heteroatoms. The van der Waals surface area contributed by atoms with E-state index in [1.165, 1.54) is 0 Å². The lowest BCUT2D eigenvalue weighted by Gasteiger charge is -2.29. The number of methoxy groups -OCH3 is 1. The number of aromatic amines is 1. The third-order valence-corrected chi connectivity index (χ3v) is 4.15. The Morgan fingerprint density at radius 2 is 2.07 bits per heavy atom. The Morgan fingerprint density at radius 3 is 2.78 bits per heavy atom. The molecule has 2 amide bonds. The van der Waals surface area contributed by atoms with Crippen molar-refractivity contribution in [3.05, 3.63) is 41.1 Å². The van der Waals surface area contributed by atoms with Gasteiger partial charge in [0.2, 0.25) is 0 Å². The predicted octanol–water partition coefficient (Wildman–Crippen LogP) is 2.96. The first-order chi connectivity index (χ1) is 12.8. The number of benzene rings is 1. The summed E-state index contributed by atoms with van der Waals surface area (Å²) in [6.07, 6.45) is 0.225. The summed E-state index contributed by atoms with van der Waals surface area (Å²) in [5.74, 6) is 0.833. The smallest absolute Gasteiger partial charge is 0.410 e. The van der Waals surface area contributed by atoms with E-state index in [0.29, 0.717) is 36.6 Å². The first-order valence-corrected chi connectivity index (χ1v) is 8.76. The fourth-order valence-corrected chi connectivity index (χ4v) is 2.85. The number of nitrogens with zero attached hydrogens (tertiary/aromatic N) is 2. The van der Waals surface area contributed by atoms with Crippen LogP contribution in [0.15, 0.2) is 24.3 Å². The number of hydrogen-bond donors (Lipinski definition) is 2. The second-order valence-electron chi connectivity index (χ2n) is 7.37. The van der Waals surface area contributed by atoms with Gasteiger partial charge in [-0.05, 0) is 45.4 Å². The van der Waals surface area contributed by atoms with Gasteiger partial charge in [0, 0.05) is 17.7 Å². The normalized spacial score (nSPS) is 13.7. The molecule has 0 saturated heterocycles. The number of hydrogen-bond acceptors (Lipinski definition) is 5. The van der Waals surface area contributed by atoms with Crippen LogP contribution in [0.2, 0.25) is 0 Å². The Morgan fingerprint density at radius 1 is 1.30 bits per heavy atom. The monoisotopic (exact) mass is 372 g/mol. The van der Waals surface area contributed by atoms with E-state index >= 15 is 0 Å². The van der Waals surface area contributed by atoms with Crippen molar-refractivity contribution in [3.8, 4) is 5.75 Å². The van der Waals surface area contributed by atoms with Gasteiger partial charge in [-0.3, -0.25) is 9.89 Å². The topological polar surface area (TPSA) is 96.5 Å². The minimum atomic E-state index is -0.540. The zero-order valence-electron chi connectivity index (χ0n) is 16.0. The number of fused-ring (bicyclic) bond motifs is 1. The van der Waals surface area contributed by atoms with Crippen LogP contribution < -0.4 is 10.1 Å². The quantitative estimate of drug-likeness (QED) is 0.863. The van der Waals surface area contributed by atoms with E-state index in [2.05, 4.69) is 15.5 Å². The molecule has 0 saturated carbocycles. The lowest BCUT2D eigenvalue weighted by Crippen LogP contribution is -2.39. The highest BCUT2D eigenvalue weighted by Crippen LogP contribution is 2.25. The van der Waals surface area contributed by atoms with Crippen LogP contribution in [-0.4, -0.2) is 46.4 Å². The minimum Gasteiger partial charge on any atom is -0.497 e. The number of nitrogens with one attached hydrogen (secondary N) is 2. The van der Waals surface area contributed by atoms with Gasteiger partial charge < -0.3 is 19.7 Å². The van der Waals surface area contributed by atoms with Crippen LogP contribution in [0, 0.1) is 0 Å². The van der Waals surface area contributed by atoms with Gasteiger partial charge in [0.1, 0.15) is 11.4 Å². The second kappa shape index (κ2) is 7.30. The van der Waals surface area contributed by atoms with E-state index < -0.39 is 5.60 Å². The van der Waals surface area contributed by atoms with Crippen molar-refractivity contribution in [2.24, 2.45) is 0 Å². The molecular weight excluding hydrogens is 348 g/mol. The molecule has 0 aliphatic carbocycles. The minimum absolute atomic E-state index is 0.266. The van der Waals surface area contributed by atoms with Crippen LogP contribution in [0.4, 0.5) is 10.6 Å². The summed E-state index contributed by atoms with van der Waals surface area (Å²) in [7, 11) is 1.55. The van der Waals surface area contributed by atoms with E-state index in [0.717, 1.165) is 11.3 Å². The van der Waals surface area contributed by atoms with Crippen molar-refractivity contribution in [2.75, 3.05) is 19.0 Å². The van der Waals surface area contributed by atoms with Gasteiger partial charge >= 0.3 is 6.09 Å². The number of ether oxygens (including phenoxy) is 2. The molecule has 144 valence electrons. The molecule has 3 rings (SSSR count). The molecule has 0 fully saturated rings. The number of anilines is 1. The van der Waals surface area contributed by atoms with Gasteiger partial charge in [0.05, 0.1) is 19.3 Å². The summed E-state index contributed by atoms with van der Waals surface area (Å²) in [4.78, 5) is 26.4. The molecule has 1 aromatic heterocycles. The highest BCUT2D eigenvalue weighted by atomic mass is 16.6. The summed E-state index contributed by atoms with van der Waals surface area (Å²) in [5.41, 5.74) is 1.65. The molecule has 0 atom stereocenters. The first kappa shape index (κ1) is 18.8. The van der Waals surface area contributed by atoms with E-state index in [1.807, 2.05) is 20.8 Å². The van der Waals surface area contributed by atoms with Crippen molar-refractivity contribution in [3.63, 3.8) is 0 Å². The Labute approximate surface area is 157 Å². The maximum atomic E-state index is 12.5. The lowest BCUT2D eigenvalue weighted by atomic mass is 10.1. The molecule has 0 unspecified atom stereocenters. The largest absolute Gasteiger partial charge is 0.497 e. The van der Waals surface area contributed by atoms with Crippen molar-refractivity contribution < 1.29 is 19.1 Å². The summed E-state index contributed by atoms with van der Waals surface area (Å²) in [5, 5.41) is 9.95. The van der Waals surface area contributed by atoms with Crippen molar-refractivity contribution >= 4 is 17.8 Å². The molecule has 8 nitrogen and oxygen atoms in total. The Balaban J connectivity index is 1.69. The molecule has 27 heavy (non-hydrogen) atoms. The summed E-state index contributed by atoms with van der Waals surface area (Å²) in [6, 6.07) is 6.91. The van der Waals surface area contributed by atoms with Crippen LogP contribution in [0.25, 0.3) is 0 Å². The molecule has 2 aromatic rings. The predicted molar refractivity (Wildman–Crippen MR) is 99.9 cm³/mol. The molecule has 2 heterocycles. The number of H-pyrrole nitrogens is 1. The second-order valence-corrected chi connectivity index (χ2v) is 7.37. The lowest BCUT2D eigenvalue weighted by molar-refractivity contribution is 0.0221. The Bertz CT molecular complexity index is 854.